The van der Waals surface area contributed by atoms with Crippen LogP contribution in [0.1, 0.15) is 33.6 Å². The molecule has 0 bridgehead atoms. The zero-order chi connectivity index (χ0) is 23.5. The third-order valence-electron chi connectivity index (χ3n) is 5.11. The number of hydrogen-bond acceptors (Lipinski definition) is 6. The number of piperidine rings is 1. The van der Waals surface area contributed by atoms with Crippen LogP contribution in [0.15, 0.2) is 12.4 Å². The molecular formula is C22H35IN4O4Si. The van der Waals surface area contributed by atoms with Crippen LogP contribution >= 0.6 is 22.6 Å². The lowest BCUT2D eigenvalue weighted by atomic mass is 10.1. The van der Waals surface area contributed by atoms with E-state index in [0.717, 1.165) is 40.2 Å². The highest BCUT2D eigenvalue weighted by molar-refractivity contribution is 14.1. The molecule has 1 aliphatic rings. The normalized spacial score (nSPS) is 15.9. The summed E-state index contributed by atoms with van der Waals surface area (Å²) >= 11 is 2.28. The van der Waals surface area contributed by atoms with Gasteiger partial charge in [-0.1, -0.05) is 19.6 Å². The lowest BCUT2D eigenvalue weighted by Crippen LogP contribution is -2.44. The molecule has 10 heteroatoms. The first-order chi connectivity index (χ1) is 14.9. The van der Waals surface area contributed by atoms with Crippen molar-refractivity contribution in [2.45, 2.75) is 77.7 Å². The summed E-state index contributed by atoms with van der Waals surface area (Å²) in [5.41, 5.74) is 1.14. The molecule has 2 aromatic rings. The van der Waals surface area contributed by atoms with Crippen LogP contribution in [-0.4, -0.2) is 65.0 Å². The molecule has 0 aromatic carbocycles. The van der Waals surface area contributed by atoms with Crippen LogP contribution in [0.5, 0.6) is 5.88 Å². The summed E-state index contributed by atoms with van der Waals surface area (Å²) in [5, 5.41) is 0. The van der Waals surface area contributed by atoms with E-state index in [-0.39, 0.29) is 12.2 Å². The van der Waals surface area contributed by atoms with E-state index in [1.807, 2.05) is 31.5 Å². The van der Waals surface area contributed by atoms with Gasteiger partial charge in [0.2, 0.25) is 5.88 Å². The number of amides is 1. The van der Waals surface area contributed by atoms with Gasteiger partial charge >= 0.3 is 6.09 Å². The van der Waals surface area contributed by atoms with Gasteiger partial charge in [0.1, 0.15) is 24.0 Å². The molecule has 32 heavy (non-hydrogen) atoms. The highest BCUT2D eigenvalue weighted by Crippen LogP contribution is 2.24. The predicted molar refractivity (Wildman–Crippen MR) is 136 cm³/mol. The first kappa shape index (κ1) is 25.2. The van der Waals surface area contributed by atoms with Gasteiger partial charge in [0, 0.05) is 46.8 Å². The number of carbonyl (C=O) groups is 1. The SMILES string of the molecule is CC(C)(C)OC(=O)N1CCC(Oc2cnc3c(n2)c(I)cn3COCC[Si](C)(C)C)CC1. The van der Waals surface area contributed by atoms with E-state index in [4.69, 9.17) is 19.2 Å². The van der Waals surface area contributed by atoms with Crippen molar-refractivity contribution >= 4 is 47.9 Å². The summed E-state index contributed by atoms with van der Waals surface area (Å²) in [5.74, 6) is 0.517. The molecule has 1 fully saturated rings. The van der Waals surface area contributed by atoms with Crippen molar-refractivity contribution in [3.05, 3.63) is 16.0 Å². The van der Waals surface area contributed by atoms with Crippen LogP contribution in [0, 0.1) is 3.57 Å². The topological polar surface area (TPSA) is 78.7 Å². The van der Waals surface area contributed by atoms with Crippen LogP contribution in [0.2, 0.25) is 25.7 Å². The maximum Gasteiger partial charge on any atom is 0.410 e. The van der Waals surface area contributed by atoms with Gasteiger partial charge in [-0.05, 0) is 49.4 Å². The number of halogens is 1. The summed E-state index contributed by atoms with van der Waals surface area (Å²) in [6.45, 7) is 15.1. The summed E-state index contributed by atoms with van der Waals surface area (Å²) in [7, 11) is -1.10. The number of ether oxygens (including phenoxy) is 3. The van der Waals surface area contributed by atoms with E-state index in [1.165, 1.54) is 0 Å². The van der Waals surface area contributed by atoms with E-state index in [1.54, 1.807) is 11.1 Å². The third kappa shape index (κ3) is 7.31. The largest absolute Gasteiger partial charge is 0.473 e. The molecular weight excluding hydrogens is 539 g/mol. The number of nitrogens with zero attached hydrogens (tertiary/aromatic N) is 4. The Hall–Kier alpha value is -1.40. The van der Waals surface area contributed by atoms with Gasteiger partial charge in [-0.15, -0.1) is 0 Å². The fourth-order valence-electron chi connectivity index (χ4n) is 3.35. The standard InChI is InChI=1S/C22H35IN4O4Si/c1-22(2,3)31-21(28)26-9-7-16(8-10-26)30-18-13-24-20-19(25-18)17(23)14-27(20)15-29-11-12-32(4,5)6/h13-14,16H,7-12,15H2,1-6H3. The number of aromatic nitrogens is 3. The Labute approximate surface area is 205 Å². The fourth-order valence-corrected chi connectivity index (χ4v) is 4.80. The zero-order valence-corrected chi connectivity index (χ0v) is 23.1. The minimum absolute atomic E-state index is 0.00471. The van der Waals surface area contributed by atoms with Gasteiger partial charge < -0.3 is 23.7 Å². The zero-order valence-electron chi connectivity index (χ0n) is 20.0. The Morgan fingerprint density at radius 3 is 2.56 bits per heavy atom. The molecule has 1 amide bonds. The summed E-state index contributed by atoms with van der Waals surface area (Å²) in [6, 6.07) is 1.14. The Morgan fingerprint density at radius 1 is 1.25 bits per heavy atom. The fraction of sp³-hybridized carbons (Fsp3) is 0.682. The molecule has 0 unspecified atom stereocenters. The molecule has 0 spiro atoms. The highest BCUT2D eigenvalue weighted by atomic mass is 127. The maximum atomic E-state index is 12.2. The molecule has 3 rings (SSSR count). The minimum Gasteiger partial charge on any atom is -0.473 e. The van der Waals surface area contributed by atoms with E-state index < -0.39 is 13.7 Å². The Bertz CT molecular complexity index is 930. The van der Waals surface area contributed by atoms with Crippen molar-refractivity contribution < 1.29 is 19.0 Å². The molecule has 8 nitrogen and oxygen atoms in total. The molecule has 0 atom stereocenters. The van der Waals surface area contributed by atoms with Crippen molar-refractivity contribution in [2.24, 2.45) is 0 Å². The second kappa shape index (κ2) is 10.2. The van der Waals surface area contributed by atoms with Crippen molar-refractivity contribution in [2.75, 3.05) is 19.7 Å². The second-order valence-corrected chi connectivity index (χ2v) is 17.2. The van der Waals surface area contributed by atoms with Gasteiger partial charge in [0.05, 0.1) is 9.77 Å². The summed E-state index contributed by atoms with van der Waals surface area (Å²) in [6.07, 6.45) is 4.91. The molecule has 2 aromatic heterocycles. The van der Waals surface area contributed by atoms with Crippen LogP contribution in [-0.2, 0) is 16.2 Å². The first-order valence-corrected chi connectivity index (χ1v) is 15.9. The van der Waals surface area contributed by atoms with Crippen molar-refractivity contribution in [1.29, 1.82) is 0 Å². The Balaban J connectivity index is 1.55. The van der Waals surface area contributed by atoms with Crippen molar-refractivity contribution in [3.8, 4) is 5.88 Å². The smallest absolute Gasteiger partial charge is 0.410 e. The second-order valence-electron chi connectivity index (χ2n) is 10.5. The number of fused-ring (bicyclic) bond motifs is 1. The molecule has 178 valence electrons. The molecule has 1 aliphatic heterocycles. The Morgan fingerprint density at radius 2 is 1.94 bits per heavy atom. The van der Waals surface area contributed by atoms with E-state index in [2.05, 4.69) is 47.2 Å². The monoisotopic (exact) mass is 574 g/mol. The number of hydrogen-bond donors (Lipinski definition) is 0. The van der Waals surface area contributed by atoms with E-state index >= 15 is 0 Å². The molecule has 0 radical (unpaired) electrons. The average Bonchev–Trinajstić information content (AvgIpc) is 2.99. The maximum absolute atomic E-state index is 12.2. The lowest BCUT2D eigenvalue weighted by molar-refractivity contribution is 0.0123. The van der Waals surface area contributed by atoms with Gasteiger partial charge in [-0.2, -0.15) is 0 Å². The van der Waals surface area contributed by atoms with Gasteiger partial charge in [0.25, 0.3) is 0 Å². The van der Waals surface area contributed by atoms with Gasteiger partial charge in [-0.25, -0.2) is 14.8 Å². The van der Waals surface area contributed by atoms with E-state index in [0.29, 0.717) is 25.7 Å². The lowest BCUT2D eigenvalue weighted by Gasteiger charge is -2.33. The van der Waals surface area contributed by atoms with Crippen LogP contribution in [0.25, 0.3) is 11.2 Å². The number of carbonyl (C=O) groups excluding carboxylic acids is 1. The summed E-state index contributed by atoms with van der Waals surface area (Å²) in [4.78, 5) is 23.3. The third-order valence-corrected chi connectivity index (χ3v) is 7.60. The highest BCUT2D eigenvalue weighted by Gasteiger charge is 2.28. The van der Waals surface area contributed by atoms with Crippen molar-refractivity contribution in [1.82, 2.24) is 19.4 Å². The predicted octanol–water partition coefficient (Wildman–Crippen LogP) is 5.13. The molecule has 3 heterocycles. The number of likely N-dealkylation sites (tertiary alicyclic amines) is 1. The van der Waals surface area contributed by atoms with E-state index in [9.17, 15) is 4.79 Å². The van der Waals surface area contributed by atoms with Crippen molar-refractivity contribution in [3.63, 3.8) is 0 Å². The van der Waals surface area contributed by atoms with Gasteiger partial charge in [-0.3, -0.25) is 0 Å². The molecule has 0 saturated carbocycles. The molecule has 0 N–H and O–H groups in total. The average molecular weight is 575 g/mol. The minimum atomic E-state index is -1.10. The first-order valence-electron chi connectivity index (χ1n) is 11.1. The molecule has 1 saturated heterocycles. The Kier molecular flexibility index (Phi) is 8.08. The van der Waals surface area contributed by atoms with Crippen LogP contribution in [0.4, 0.5) is 4.79 Å². The summed E-state index contributed by atoms with van der Waals surface area (Å²) < 4.78 is 20.5. The van der Waals surface area contributed by atoms with Crippen LogP contribution in [0.3, 0.4) is 0 Å². The quantitative estimate of drug-likeness (QED) is 0.259. The number of rotatable bonds is 7. The van der Waals surface area contributed by atoms with Crippen LogP contribution < -0.4 is 4.74 Å². The molecule has 0 aliphatic carbocycles. The van der Waals surface area contributed by atoms with Gasteiger partial charge in [0.15, 0.2) is 5.65 Å².